The molecule has 4 heteroatoms. The average molecular weight is 261 g/mol. The molecule has 4 atom stereocenters. The molecule has 2 fully saturated rings. The Hall–Kier alpha value is -1.31. The molecule has 102 valence electrons. The molecule has 0 bridgehead atoms. The van der Waals surface area contributed by atoms with Crippen LogP contribution in [0.4, 0.5) is 0 Å². The molecular weight excluding hydrogens is 242 g/mol. The predicted molar refractivity (Wildman–Crippen MR) is 68.3 cm³/mol. The molecule has 1 aromatic rings. The normalized spacial score (nSPS) is 35.6. The van der Waals surface area contributed by atoms with E-state index in [1.54, 1.807) is 6.07 Å². The summed E-state index contributed by atoms with van der Waals surface area (Å²) >= 11 is 0. The second-order valence-corrected chi connectivity index (χ2v) is 5.89. The van der Waals surface area contributed by atoms with Crippen LogP contribution in [0.25, 0.3) is 0 Å². The van der Waals surface area contributed by atoms with Crippen LogP contribution in [0.2, 0.25) is 0 Å². The van der Waals surface area contributed by atoms with Gasteiger partial charge >= 0.3 is 0 Å². The lowest BCUT2D eigenvalue weighted by atomic mass is 9.78. The summed E-state index contributed by atoms with van der Waals surface area (Å²) in [5, 5.41) is 19.9. The number of hydrogen-bond acceptors (Lipinski definition) is 4. The van der Waals surface area contributed by atoms with Gasteiger partial charge in [-0.3, -0.25) is 0 Å². The maximum Gasteiger partial charge on any atom is 0.134 e. The fourth-order valence-corrected chi connectivity index (χ4v) is 2.89. The second kappa shape index (κ2) is 4.66. The third-order valence-corrected chi connectivity index (χ3v) is 4.41. The van der Waals surface area contributed by atoms with Gasteiger partial charge in [-0.15, -0.1) is 0 Å². The molecule has 1 saturated heterocycles. The van der Waals surface area contributed by atoms with E-state index in [0.29, 0.717) is 30.6 Å². The highest BCUT2D eigenvalue weighted by molar-refractivity contribution is 5.21. The van der Waals surface area contributed by atoms with Crippen LogP contribution in [-0.2, 0) is 4.74 Å². The lowest BCUT2D eigenvalue weighted by Gasteiger charge is -2.33. The van der Waals surface area contributed by atoms with E-state index in [4.69, 9.17) is 9.15 Å². The molecule has 0 spiro atoms. The largest absolute Gasteiger partial charge is 0.463 e. The van der Waals surface area contributed by atoms with Gasteiger partial charge < -0.3 is 14.3 Å². The Bertz CT molecular complexity index is 496. The second-order valence-electron chi connectivity index (χ2n) is 5.89. The standard InChI is InChI=1S/C15H19NO3/c1-10-7-11(10)12-3-4-13(19-12)14(17)15(8-16)5-2-6-18-9-15/h3-4,10-11,14,17H,2,5-7,9H2,1H3. The molecule has 1 aromatic heterocycles. The molecule has 1 aliphatic heterocycles. The third kappa shape index (κ3) is 2.18. The van der Waals surface area contributed by atoms with Crippen LogP contribution in [0, 0.1) is 22.7 Å². The van der Waals surface area contributed by atoms with Crippen molar-refractivity contribution in [2.75, 3.05) is 13.2 Å². The number of nitriles is 1. The van der Waals surface area contributed by atoms with Crippen molar-refractivity contribution >= 4 is 0 Å². The molecule has 4 nitrogen and oxygen atoms in total. The molecule has 2 heterocycles. The van der Waals surface area contributed by atoms with Crippen LogP contribution in [0.15, 0.2) is 16.5 Å². The summed E-state index contributed by atoms with van der Waals surface area (Å²) in [6, 6.07) is 5.98. The smallest absolute Gasteiger partial charge is 0.134 e. The van der Waals surface area contributed by atoms with Crippen molar-refractivity contribution in [3.63, 3.8) is 0 Å². The Kier molecular flexibility index (Phi) is 3.12. The van der Waals surface area contributed by atoms with E-state index in [-0.39, 0.29) is 6.61 Å². The molecule has 1 saturated carbocycles. The van der Waals surface area contributed by atoms with Crippen LogP contribution >= 0.6 is 0 Å². The first kappa shape index (κ1) is 12.7. The molecule has 0 amide bonds. The molecule has 0 aromatic carbocycles. The van der Waals surface area contributed by atoms with Crippen LogP contribution < -0.4 is 0 Å². The maximum atomic E-state index is 10.5. The summed E-state index contributed by atoms with van der Waals surface area (Å²) in [5.41, 5.74) is -0.859. The van der Waals surface area contributed by atoms with Gasteiger partial charge in [-0.1, -0.05) is 6.92 Å². The Labute approximate surface area is 113 Å². The number of aliphatic hydroxyl groups excluding tert-OH is 1. The maximum absolute atomic E-state index is 10.5. The Morgan fingerprint density at radius 3 is 2.89 bits per heavy atom. The van der Waals surface area contributed by atoms with Gasteiger partial charge in [-0.2, -0.15) is 5.26 Å². The van der Waals surface area contributed by atoms with Crippen LogP contribution in [0.3, 0.4) is 0 Å². The number of aliphatic hydroxyl groups is 1. The zero-order valence-corrected chi connectivity index (χ0v) is 11.1. The quantitative estimate of drug-likeness (QED) is 0.908. The Morgan fingerprint density at radius 1 is 1.53 bits per heavy atom. The summed E-state index contributed by atoms with van der Waals surface area (Å²) in [4.78, 5) is 0. The Balaban J connectivity index is 1.80. The SMILES string of the molecule is CC1CC1c1ccc(C(O)C2(C#N)CCCOC2)o1. The van der Waals surface area contributed by atoms with E-state index in [9.17, 15) is 10.4 Å². The van der Waals surface area contributed by atoms with Gasteiger partial charge in [0.1, 0.15) is 23.0 Å². The molecule has 1 aliphatic carbocycles. The number of furan rings is 1. The summed E-state index contributed by atoms with van der Waals surface area (Å²) < 4.78 is 11.1. The van der Waals surface area contributed by atoms with Crippen LogP contribution in [-0.4, -0.2) is 18.3 Å². The highest BCUT2D eigenvalue weighted by atomic mass is 16.5. The monoisotopic (exact) mass is 261 g/mol. The molecule has 19 heavy (non-hydrogen) atoms. The van der Waals surface area contributed by atoms with E-state index in [2.05, 4.69) is 13.0 Å². The predicted octanol–water partition coefficient (Wildman–Crippen LogP) is 2.76. The van der Waals surface area contributed by atoms with Gasteiger partial charge in [0, 0.05) is 12.5 Å². The number of rotatable bonds is 3. The van der Waals surface area contributed by atoms with Gasteiger partial charge in [0.2, 0.25) is 0 Å². The summed E-state index contributed by atoms with van der Waals surface area (Å²) in [6.07, 6.45) is 1.70. The van der Waals surface area contributed by atoms with Crippen molar-refractivity contribution in [1.82, 2.24) is 0 Å². The fourth-order valence-electron chi connectivity index (χ4n) is 2.89. The lowest BCUT2D eigenvalue weighted by molar-refractivity contribution is -0.0583. The first-order valence-corrected chi connectivity index (χ1v) is 6.93. The molecule has 2 aliphatic rings. The molecular formula is C15H19NO3. The summed E-state index contributed by atoms with van der Waals surface area (Å²) in [7, 11) is 0. The van der Waals surface area contributed by atoms with Crippen LogP contribution in [0.5, 0.6) is 0 Å². The van der Waals surface area contributed by atoms with Crippen molar-refractivity contribution in [3.05, 3.63) is 23.7 Å². The van der Waals surface area contributed by atoms with Gasteiger partial charge in [0.15, 0.2) is 0 Å². The zero-order valence-electron chi connectivity index (χ0n) is 11.1. The van der Waals surface area contributed by atoms with Gasteiger partial charge in [0.25, 0.3) is 0 Å². The van der Waals surface area contributed by atoms with E-state index in [0.717, 1.165) is 18.6 Å². The molecule has 0 radical (unpaired) electrons. The first-order valence-electron chi connectivity index (χ1n) is 6.93. The number of ether oxygens (including phenoxy) is 1. The first-order chi connectivity index (χ1) is 9.16. The Morgan fingerprint density at radius 2 is 2.32 bits per heavy atom. The lowest BCUT2D eigenvalue weighted by Crippen LogP contribution is -2.36. The molecule has 1 N–H and O–H groups in total. The summed E-state index contributed by atoms with van der Waals surface area (Å²) in [6.45, 7) is 3.13. The van der Waals surface area contributed by atoms with Gasteiger partial charge in [-0.25, -0.2) is 0 Å². The van der Waals surface area contributed by atoms with E-state index < -0.39 is 11.5 Å². The van der Waals surface area contributed by atoms with Crippen molar-refractivity contribution in [1.29, 1.82) is 5.26 Å². The van der Waals surface area contributed by atoms with E-state index in [1.165, 1.54) is 0 Å². The van der Waals surface area contributed by atoms with Gasteiger partial charge in [-0.05, 0) is 37.3 Å². The number of hydrogen-bond donors (Lipinski definition) is 1. The number of nitrogens with zero attached hydrogens (tertiary/aromatic N) is 1. The van der Waals surface area contributed by atoms with Crippen molar-refractivity contribution < 1.29 is 14.3 Å². The topological polar surface area (TPSA) is 66.4 Å². The van der Waals surface area contributed by atoms with E-state index in [1.807, 2.05) is 6.07 Å². The van der Waals surface area contributed by atoms with Crippen LogP contribution in [0.1, 0.15) is 49.7 Å². The fraction of sp³-hybridized carbons (Fsp3) is 0.667. The van der Waals surface area contributed by atoms with Gasteiger partial charge in [0.05, 0.1) is 12.7 Å². The zero-order chi connectivity index (χ0) is 13.5. The minimum atomic E-state index is -0.902. The van der Waals surface area contributed by atoms with Crippen molar-refractivity contribution in [3.8, 4) is 6.07 Å². The average Bonchev–Trinajstić information content (AvgIpc) is 2.99. The highest BCUT2D eigenvalue weighted by Crippen LogP contribution is 2.49. The third-order valence-electron chi connectivity index (χ3n) is 4.41. The molecule has 4 unspecified atom stereocenters. The minimum absolute atomic E-state index is 0.278. The highest BCUT2D eigenvalue weighted by Gasteiger charge is 2.44. The summed E-state index contributed by atoms with van der Waals surface area (Å²) in [5.74, 6) is 2.59. The molecule has 3 rings (SSSR count). The van der Waals surface area contributed by atoms with E-state index >= 15 is 0 Å². The van der Waals surface area contributed by atoms with Crippen molar-refractivity contribution in [2.45, 2.75) is 38.2 Å². The minimum Gasteiger partial charge on any atom is -0.463 e. The van der Waals surface area contributed by atoms with Crippen molar-refractivity contribution in [2.24, 2.45) is 11.3 Å².